The molecule has 5 rings (SSSR count). The van der Waals surface area contributed by atoms with E-state index in [4.69, 9.17) is 27.9 Å². The molecule has 6 nitrogen and oxygen atoms in total. The maximum atomic E-state index is 13.6. The number of rotatable bonds is 6. The minimum absolute atomic E-state index is 0.0418. The standard InChI is InChI=1S/C28H33Cl2N3O3/c1-18(36-25-8-7-22(30)15-31-25)23-16-33(17-24(23)19-3-5-21(29)6-4-19)26(34)20-9-13-32(14-10-20)27(35)28(2)11-12-28/h3-8,15,18,20,23-24H,9-14,16-17H2,1-2H3/t18-,23-,24-/m1/s1. The number of aromatic nitrogens is 1. The van der Waals surface area contributed by atoms with Crippen molar-refractivity contribution < 1.29 is 14.3 Å². The Morgan fingerprint density at radius 2 is 1.67 bits per heavy atom. The van der Waals surface area contributed by atoms with Crippen molar-refractivity contribution in [3.8, 4) is 5.88 Å². The molecule has 1 aromatic carbocycles. The van der Waals surface area contributed by atoms with Gasteiger partial charge in [-0.15, -0.1) is 0 Å². The first-order valence-electron chi connectivity index (χ1n) is 12.9. The summed E-state index contributed by atoms with van der Waals surface area (Å²) in [5, 5.41) is 1.25. The number of pyridine rings is 1. The number of halogens is 2. The summed E-state index contributed by atoms with van der Waals surface area (Å²) in [6.07, 6.45) is 4.85. The Hall–Kier alpha value is -2.31. The molecule has 0 bridgehead atoms. The molecule has 2 saturated heterocycles. The van der Waals surface area contributed by atoms with Crippen LogP contribution in [-0.2, 0) is 9.59 Å². The third-order valence-electron chi connectivity index (χ3n) is 8.23. The summed E-state index contributed by atoms with van der Waals surface area (Å²) in [5.41, 5.74) is 0.997. The van der Waals surface area contributed by atoms with Gasteiger partial charge in [-0.05, 0) is 56.4 Å². The van der Waals surface area contributed by atoms with E-state index in [0.717, 1.165) is 31.2 Å². The lowest BCUT2D eigenvalue weighted by molar-refractivity contribution is -0.142. The Bertz CT molecular complexity index is 1100. The number of benzene rings is 1. The fourth-order valence-corrected chi connectivity index (χ4v) is 5.87. The number of nitrogens with zero attached hydrogens (tertiary/aromatic N) is 3. The quantitative estimate of drug-likeness (QED) is 0.499. The number of carbonyl (C=O) groups is 2. The second-order valence-corrected chi connectivity index (χ2v) is 11.7. The average molecular weight is 530 g/mol. The van der Waals surface area contributed by atoms with Crippen LogP contribution in [0.15, 0.2) is 42.6 Å². The highest BCUT2D eigenvalue weighted by Gasteiger charge is 2.48. The smallest absolute Gasteiger partial charge is 0.228 e. The molecule has 192 valence electrons. The molecule has 3 heterocycles. The van der Waals surface area contributed by atoms with E-state index in [0.29, 0.717) is 42.1 Å². The normalized spacial score (nSPS) is 24.4. The molecule has 1 saturated carbocycles. The monoisotopic (exact) mass is 529 g/mol. The molecule has 0 radical (unpaired) electrons. The number of amides is 2. The SMILES string of the molecule is C[C@@H](Oc1ccc(Cl)cn1)[C@H]1CN(C(=O)C2CCN(C(=O)C3(C)CC3)CC2)C[C@@H]1c1ccc(Cl)cc1. The molecule has 1 aromatic heterocycles. The van der Waals surface area contributed by atoms with Crippen molar-refractivity contribution in [3.63, 3.8) is 0 Å². The third kappa shape index (κ3) is 5.35. The van der Waals surface area contributed by atoms with Crippen LogP contribution in [0.2, 0.25) is 10.0 Å². The van der Waals surface area contributed by atoms with Crippen molar-refractivity contribution in [3.05, 3.63) is 58.2 Å². The fraction of sp³-hybridized carbons (Fsp3) is 0.536. The Labute approximate surface area is 222 Å². The highest BCUT2D eigenvalue weighted by molar-refractivity contribution is 6.30. The van der Waals surface area contributed by atoms with Crippen LogP contribution in [-0.4, -0.2) is 58.9 Å². The number of carbonyl (C=O) groups excluding carboxylic acids is 2. The minimum atomic E-state index is -0.157. The summed E-state index contributed by atoms with van der Waals surface area (Å²) in [6.45, 7) is 6.70. The molecule has 2 amide bonds. The Balaban J connectivity index is 1.27. The molecule has 3 aliphatic rings. The zero-order valence-corrected chi connectivity index (χ0v) is 22.3. The highest BCUT2D eigenvalue weighted by Crippen LogP contribution is 2.47. The van der Waals surface area contributed by atoms with E-state index >= 15 is 0 Å². The van der Waals surface area contributed by atoms with Crippen molar-refractivity contribution in [2.75, 3.05) is 26.2 Å². The summed E-state index contributed by atoms with van der Waals surface area (Å²) in [4.78, 5) is 34.6. The molecular weight excluding hydrogens is 497 g/mol. The summed E-state index contributed by atoms with van der Waals surface area (Å²) in [6, 6.07) is 11.4. The summed E-state index contributed by atoms with van der Waals surface area (Å²) in [7, 11) is 0. The summed E-state index contributed by atoms with van der Waals surface area (Å²) < 4.78 is 6.20. The van der Waals surface area contributed by atoms with Crippen LogP contribution in [0, 0.1) is 17.3 Å². The van der Waals surface area contributed by atoms with E-state index in [1.165, 1.54) is 0 Å². The van der Waals surface area contributed by atoms with Crippen LogP contribution in [0.5, 0.6) is 5.88 Å². The molecule has 2 aliphatic heterocycles. The van der Waals surface area contributed by atoms with Crippen LogP contribution in [0.1, 0.15) is 51.0 Å². The van der Waals surface area contributed by atoms with Crippen LogP contribution < -0.4 is 4.74 Å². The average Bonchev–Trinajstić information content (AvgIpc) is 3.48. The fourth-order valence-electron chi connectivity index (χ4n) is 5.63. The maximum Gasteiger partial charge on any atom is 0.228 e. The molecule has 8 heteroatoms. The Morgan fingerprint density at radius 3 is 2.28 bits per heavy atom. The van der Waals surface area contributed by atoms with Gasteiger partial charge in [-0.1, -0.05) is 42.3 Å². The number of likely N-dealkylation sites (tertiary alicyclic amines) is 2. The van der Waals surface area contributed by atoms with E-state index < -0.39 is 0 Å². The van der Waals surface area contributed by atoms with Crippen LogP contribution in [0.25, 0.3) is 0 Å². The van der Waals surface area contributed by atoms with Crippen molar-refractivity contribution in [2.45, 2.75) is 51.6 Å². The molecule has 0 N–H and O–H groups in total. The molecule has 0 spiro atoms. The van der Waals surface area contributed by atoms with E-state index in [2.05, 4.69) is 11.9 Å². The number of piperidine rings is 1. The van der Waals surface area contributed by atoms with Gasteiger partial charge in [0, 0.05) is 66.6 Å². The van der Waals surface area contributed by atoms with E-state index in [1.807, 2.05) is 41.0 Å². The van der Waals surface area contributed by atoms with Gasteiger partial charge in [-0.25, -0.2) is 4.98 Å². The Kier molecular flexibility index (Phi) is 7.19. The minimum Gasteiger partial charge on any atom is -0.474 e. The molecule has 3 atom stereocenters. The largest absolute Gasteiger partial charge is 0.474 e. The maximum absolute atomic E-state index is 13.6. The van der Waals surface area contributed by atoms with Crippen molar-refractivity contribution in [1.82, 2.24) is 14.8 Å². The second-order valence-electron chi connectivity index (χ2n) is 10.8. The first kappa shape index (κ1) is 25.3. The third-order valence-corrected chi connectivity index (χ3v) is 8.71. The highest BCUT2D eigenvalue weighted by atomic mass is 35.5. The molecule has 3 fully saturated rings. The van der Waals surface area contributed by atoms with Crippen LogP contribution in [0.4, 0.5) is 0 Å². The van der Waals surface area contributed by atoms with Crippen molar-refractivity contribution in [1.29, 1.82) is 0 Å². The van der Waals surface area contributed by atoms with Crippen LogP contribution >= 0.6 is 23.2 Å². The van der Waals surface area contributed by atoms with Gasteiger partial charge in [0.15, 0.2) is 0 Å². The summed E-state index contributed by atoms with van der Waals surface area (Å²) in [5.74, 6) is 1.17. The van der Waals surface area contributed by atoms with Gasteiger partial charge < -0.3 is 14.5 Å². The first-order valence-corrected chi connectivity index (χ1v) is 13.6. The predicted molar refractivity (Wildman–Crippen MR) is 140 cm³/mol. The molecule has 2 aromatic rings. The molecular formula is C28H33Cl2N3O3. The Morgan fingerprint density at radius 1 is 1.00 bits per heavy atom. The zero-order valence-electron chi connectivity index (χ0n) is 20.8. The van der Waals surface area contributed by atoms with E-state index in [-0.39, 0.29) is 41.1 Å². The number of ether oxygens (including phenoxy) is 1. The van der Waals surface area contributed by atoms with Gasteiger partial charge in [-0.3, -0.25) is 9.59 Å². The lowest BCUT2D eigenvalue weighted by Gasteiger charge is -2.34. The van der Waals surface area contributed by atoms with Gasteiger partial charge >= 0.3 is 0 Å². The van der Waals surface area contributed by atoms with Gasteiger partial charge in [0.1, 0.15) is 6.10 Å². The van der Waals surface area contributed by atoms with Gasteiger partial charge in [0.25, 0.3) is 0 Å². The first-order chi connectivity index (χ1) is 17.2. The van der Waals surface area contributed by atoms with E-state index in [1.54, 1.807) is 18.3 Å². The summed E-state index contributed by atoms with van der Waals surface area (Å²) >= 11 is 12.1. The lowest BCUT2D eigenvalue weighted by atomic mass is 9.86. The molecule has 0 unspecified atom stereocenters. The van der Waals surface area contributed by atoms with Crippen molar-refractivity contribution >= 4 is 35.0 Å². The van der Waals surface area contributed by atoms with Gasteiger partial charge in [0.2, 0.25) is 17.7 Å². The number of hydrogen-bond acceptors (Lipinski definition) is 4. The second kappa shape index (κ2) is 10.2. The molecule has 36 heavy (non-hydrogen) atoms. The van der Waals surface area contributed by atoms with Crippen molar-refractivity contribution in [2.24, 2.45) is 17.3 Å². The van der Waals surface area contributed by atoms with Gasteiger partial charge in [-0.2, -0.15) is 0 Å². The lowest BCUT2D eigenvalue weighted by Crippen LogP contribution is -2.46. The predicted octanol–water partition coefficient (Wildman–Crippen LogP) is 5.44. The van der Waals surface area contributed by atoms with E-state index in [9.17, 15) is 9.59 Å². The topological polar surface area (TPSA) is 62.7 Å². The van der Waals surface area contributed by atoms with Gasteiger partial charge in [0.05, 0.1) is 5.02 Å². The van der Waals surface area contributed by atoms with Crippen LogP contribution in [0.3, 0.4) is 0 Å². The zero-order chi connectivity index (χ0) is 25.4. The molecule has 1 aliphatic carbocycles. The number of hydrogen-bond donors (Lipinski definition) is 0.